The van der Waals surface area contributed by atoms with Crippen molar-refractivity contribution in [1.82, 2.24) is 10.6 Å². The van der Waals surface area contributed by atoms with E-state index in [-0.39, 0.29) is 103 Å². The molecule has 0 radical (unpaired) electrons. The topological polar surface area (TPSA) is 291 Å². The minimum Gasteiger partial charge on any atom is -0.480 e. The van der Waals surface area contributed by atoms with Crippen LogP contribution < -0.4 is 10.6 Å². The number of rotatable bonds is 12. The Labute approximate surface area is 675 Å². The number of carboxylic acids is 2. The lowest BCUT2D eigenvalue weighted by molar-refractivity contribution is -0.169. The predicted octanol–water partition coefficient (Wildman–Crippen LogP) is 13.0. The van der Waals surface area contributed by atoms with Crippen molar-refractivity contribution in [2.45, 2.75) is 224 Å². The van der Waals surface area contributed by atoms with E-state index >= 15 is 0 Å². The molecule has 628 valence electrons. The molecule has 3 aliphatic heterocycles. The number of carboxylic acid groups (broad SMARTS) is 2. The molecule has 3 heterocycles. The summed E-state index contributed by atoms with van der Waals surface area (Å²) in [6.45, 7) is 30.4. The van der Waals surface area contributed by atoms with Gasteiger partial charge in [0.15, 0.2) is 0 Å². The lowest BCUT2D eigenvalue weighted by Crippen LogP contribution is -2.46. The number of hydrogen-bond donors (Lipinski definition) is 4. The fourth-order valence-electron chi connectivity index (χ4n) is 36.0. The molecule has 4 N–H and O–H groups in total. The first kappa shape index (κ1) is 78.5. The lowest BCUT2D eigenvalue weighted by Gasteiger charge is -2.43. The van der Waals surface area contributed by atoms with Crippen LogP contribution in [0.4, 0.5) is 0 Å². The summed E-state index contributed by atoms with van der Waals surface area (Å²) in [5.74, 6) is 28.3. The maximum absolute atomic E-state index is 12.9. The van der Waals surface area contributed by atoms with E-state index in [0.29, 0.717) is 55.1 Å². The molecule has 0 aromatic rings. The van der Waals surface area contributed by atoms with E-state index in [4.69, 9.17) is 38.6 Å². The van der Waals surface area contributed by atoms with E-state index < -0.39 is 35.6 Å². The van der Waals surface area contributed by atoms with Crippen LogP contribution >= 0.6 is 0 Å². The summed E-state index contributed by atoms with van der Waals surface area (Å²) in [4.78, 5) is 119. The Bertz CT molecular complexity index is 3870. The molecule has 23 aliphatic rings. The molecule has 3 saturated heterocycles. The maximum atomic E-state index is 12.9. The van der Waals surface area contributed by atoms with Crippen LogP contribution in [-0.4, -0.2) is 121 Å². The van der Waals surface area contributed by atoms with Gasteiger partial charge in [-0.15, -0.1) is 0 Å². The van der Waals surface area contributed by atoms with Crippen LogP contribution in [0.3, 0.4) is 0 Å². The highest BCUT2D eigenvalue weighted by Gasteiger charge is 2.73. The van der Waals surface area contributed by atoms with Crippen molar-refractivity contribution in [1.29, 1.82) is 0 Å². The monoisotopic (exact) mass is 1580 g/mol. The van der Waals surface area contributed by atoms with Gasteiger partial charge in [0.1, 0.15) is 31.9 Å². The van der Waals surface area contributed by atoms with Gasteiger partial charge in [0.05, 0.1) is 30.8 Å². The van der Waals surface area contributed by atoms with Crippen LogP contribution in [0.1, 0.15) is 199 Å². The van der Waals surface area contributed by atoms with Gasteiger partial charge in [0.2, 0.25) is 24.0 Å². The quantitative estimate of drug-likeness (QED) is 0.0802. The van der Waals surface area contributed by atoms with Crippen molar-refractivity contribution in [3.8, 4) is 0 Å². The molecule has 49 atom stereocenters. The van der Waals surface area contributed by atoms with Gasteiger partial charge in [0, 0.05) is 23.7 Å². The zero-order valence-electron chi connectivity index (χ0n) is 70.1. The molecule has 23 rings (SSSR count). The maximum Gasteiger partial charge on any atom is 0.348 e. The van der Waals surface area contributed by atoms with Crippen molar-refractivity contribution < 1.29 is 86.6 Å². The van der Waals surface area contributed by atoms with Crippen LogP contribution in [0.15, 0.2) is 0 Å². The number of esters is 6. The van der Waals surface area contributed by atoms with Gasteiger partial charge in [0.25, 0.3) is 0 Å². The molecule has 0 spiro atoms. The number of aliphatic carboxylic acids is 2. The zero-order chi connectivity index (χ0) is 80.1. The number of carbonyl (C=O) groups excluding carboxylic acids is 8. The summed E-state index contributed by atoms with van der Waals surface area (Å²) in [5, 5.41) is 23.0. The second kappa shape index (κ2) is 28.7. The van der Waals surface area contributed by atoms with Crippen molar-refractivity contribution in [2.75, 3.05) is 26.4 Å². The molecule has 20 bridgehead atoms. The first-order valence-corrected chi connectivity index (χ1v) is 46.4. The molecule has 2 amide bonds. The third kappa shape index (κ3) is 12.0. The van der Waals surface area contributed by atoms with Crippen LogP contribution in [0.5, 0.6) is 0 Å². The first-order chi connectivity index (χ1) is 54.3. The number of nitrogens with one attached hydrogen (secondary N) is 2. The molecule has 114 heavy (non-hydrogen) atoms. The standard InChI is InChI=1S/C21H30O4.2C19H26O4.C18H27NO3.C17H25NO3/c1-9-10(2)13-7-12(9)16-11-5-14(17(13)16)15(6-11)19(22)25-18-20(23)24-8-21(18,3)4;1-8-9(2)13-6-12(8)17-10-3-14(18(13)17)15(4-10)19(21)23-11-5-16(20)22-7-11;1-8-9(2)12-7-11(8)16-10-5-13(17(12)16)14(6-10)18(20)23-15-3-4-22-19(15)21;1-7-8(2)12-6-11(7)15-10-4-13(16(12)15)14(5-10)17(20)19-9(3)18(21)22;1-7-8(2)11-5-10(7)15-9-3-12(16(11)15)13(4-9)17(21)18-6-14(19)20/h9-18H,5-8H2,1-4H3;8-15,17-18H,3-7H2,1-2H3;8-17H,3-7H2,1-2H3;7-16H,4-6H2,1-3H3,(H,19,20)(H,21,22);7-13,15-16H,3-6H2,1-2H3,(H,18,21)(H,19,20). The zero-order valence-corrected chi connectivity index (χ0v) is 70.1. The fraction of sp³-hybridized carbons (Fsp3) is 0.894. The molecule has 20 nitrogen and oxygen atoms in total. The third-order valence-electron chi connectivity index (χ3n) is 40.9. The van der Waals surface area contributed by atoms with Gasteiger partial charge in [-0.1, -0.05) is 83.1 Å². The number of carbonyl (C=O) groups is 10. The van der Waals surface area contributed by atoms with E-state index in [9.17, 15) is 47.9 Å². The molecule has 20 saturated carbocycles. The van der Waals surface area contributed by atoms with Crippen molar-refractivity contribution >= 4 is 59.6 Å². The molecule has 0 aromatic heterocycles. The van der Waals surface area contributed by atoms with Gasteiger partial charge < -0.3 is 49.3 Å². The minimum absolute atomic E-state index is 0.00757. The largest absolute Gasteiger partial charge is 0.480 e. The minimum atomic E-state index is -0.952. The van der Waals surface area contributed by atoms with E-state index in [0.717, 1.165) is 233 Å². The van der Waals surface area contributed by atoms with E-state index in [1.807, 2.05) is 13.8 Å². The Morgan fingerprint density at radius 2 is 0.737 bits per heavy atom. The van der Waals surface area contributed by atoms with Crippen LogP contribution in [0, 0.1) is 272 Å². The van der Waals surface area contributed by atoms with Crippen molar-refractivity contribution in [2.24, 2.45) is 272 Å². The highest BCUT2D eigenvalue weighted by Crippen LogP contribution is 2.77. The Hall–Kier alpha value is -5.30. The lowest BCUT2D eigenvalue weighted by atomic mass is 9.62. The Morgan fingerprint density at radius 3 is 1.05 bits per heavy atom. The molecule has 49 unspecified atom stereocenters. The summed E-state index contributed by atoms with van der Waals surface area (Å²) in [6.07, 6.45) is 17.1. The van der Waals surface area contributed by atoms with Gasteiger partial charge in [-0.05, 0) is 340 Å². The molecule has 0 aromatic carbocycles. The predicted molar refractivity (Wildman–Crippen MR) is 414 cm³/mol. The van der Waals surface area contributed by atoms with Crippen molar-refractivity contribution in [3.05, 3.63) is 0 Å². The number of hydrogen-bond acceptors (Lipinski definition) is 16. The molecule has 20 heteroatoms. The van der Waals surface area contributed by atoms with Crippen LogP contribution in [0.25, 0.3) is 0 Å². The molecule has 23 fully saturated rings. The third-order valence-corrected chi connectivity index (χ3v) is 40.9. The summed E-state index contributed by atoms with van der Waals surface area (Å²) < 4.78 is 31.8. The van der Waals surface area contributed by atoms with Gasteiger partial charge in [-0.3, -0.25) is 38.4 Å². The Kier molecular flexibility index (Phi) is 19.8. The number of fused-ring (bicyclic) bond motifs is 45. The number of amides is 2. The van der Waals surface area contributed by atoms with Gasteiger partial charge in [-0.25, -0.2) is 9.59 Å². The van der Waals surface area contributed by atoms with E-state index in [1.54, 1.807) is 6.92 Å². The number of cyclic esters (lactones) is 3. The SMILES string of the molecule is CC(NC(=O)C1CC2CC1C1C3CC(C(C)C3C)C21)C(=O)O.CC1C(C)C2CC1C1C3CC(C(=O)NCC(=O)O)C(C3)C21.CC1C(C)C2CC1C1C3CC(C(=O)OC4C(=O)OCC4(C)C)C(C3)C21.CC1C(C)C2CC1C1C3CC(C(=O)OC4CCOC4=O)C(C3)C21.CC1C(C)C2CC1C1C3CC(C(=O)OC4COC(=O)C4)C(C3)C21. The molecular weight excluding hydrogens is 1450 g/mol. The number of ether oxygens (including phenoxy) is 6. The fourth-order valence-corrected chi connectivity index (χ4v) is 36.0. The second-order valence-corrected chi connectivity index (χ2v) is 44.6. The average molecular weight is 1580 g/mol. The van der Waals surface area contributed by atoms with Gasteiger partial charge in [-0.2, -0.15) is 0 Å². The summed E-state index contributed by atoms with van der Waals surface area (Å²) in [5.41, 5.74) is -0.413. The summed E-state index contributed by atoms with van der Waals surface area (Å²) >= 11 is 0. The first-order valence-electron chi connectivity index (χ1n) is 46.4. The second-order valence-electron chi connectivity index (χ2n) is 44.6. The smallest absolute Gasteiger partial charge is 0.348 e. The van der Waals surface area contributed by atoms with Gasteiger partial charge >= 0.3 is 47.8 Å². The van der Waals surface area contributed by atoms with E-state index in [1.165, 1.54) is 64.2 Å². The molecule has 20 aliphatic carbocycles. The van der Waals surface area contributed by atoms with Crippen molar-refractivity contribution in [3.63, 3.8) is 0 Å². The Morgan fingerprint density at radius 1 is 0.404 bits per heavy atom. The van der Waals surface area contributed by atoms with Crippen LogP contribution in [-0.2, 0) is 76.4 Å². The molecular formula is C94H134N2O18. The highest BCUT2D eigenvalue weighted by molar-refractivity contribution is 5.86. The average Bonchev–Trinajstić information content (AvgIpc) is 1.56. The summed E-state index contributed by atoms with van der Waals surface area (Å²) in [7, 11) is 0. The van der Waals surface area contributed by atoms with Crippen LogP contribution in [0.2, 0.25) is 0 Å². The highest BCUT2D eigenvalue weighted by atomic mass is 16.6. The Balaban J connectivity index is 0.0000000956. The summed E-state index contributed by atoms with van der Waals surface area (Å²) in [6, 6.07) is -0.776. The van der Waals surface area contributed by atoms with E-state index in [2.05, 4.69) is 79.9 Å². The normalized spacial score (nSPS) is 54.5.